The average Bonchev–Trinajstić information content (AvgIpc) is 3.00. The molecule has 0 unspecified atom stereocenters. The Morgan fingerprint density at radius 3 is 3.14 bits per heavy atom. The van der Waals surface area contributed by atoms with E-state index in [1.807, 2.05) is 0 Å². The Labute approximate surface area is 133 Å². The Morgan fingerprint density at radius 2 is 2.36 bits per heavy atom. The molecule has 0 amide bonds. The van der Waals surface area contributed by atoms with Crippen LogP contribution in [-0.2, 0) is 11.3 Å². The fraction of sp³-hybridized carbons (Fsp3) is 0.500. The van der Waals surface area contributed by atoms with Crippen molar-refractivity contribution >= 4 is 11.3 Å². The highest BCUT2D eigenvalue weighted by Crippen LogP contribution is 2.36. The predicted molar refractivity (Wildman–Crippen MR) is 84.0 cm³/mol. The van der Waals surface area contributed by atoms with Gasteiger partial charge in [0.1, 0.15) is 6.10 Å². The SMILES string of the molecule is c1cnc(O[C@H]2CCOC3(C2)CN(Cc2ccsc2)C3)cn1. The Hall–Kier alpha value is -1.50. The first-order chi connectivity index (χ1) is 10.8. The molecule has 2 saturated heterocycles. The molecule has 0 aliphatic carbocycles. The maximum Gasteiger partial charge on any atom is 0.232 e. The highest BCUT2D eigenvalue weighted by atomic mass is 32.1. The fourth-order valence-corrected chi connectivity index (χ4v) is 4.00. The molecule has 0 saturated carbocycles. The van der Waals surface area contributed by atoms with Crippen molar-refractivity contribution < 1.29 is 9.47 Å². The summed E-state index contributed by atoms with van der Waals surface area (Å²) in [5.74, 6) is 0.610. The minimum Gasteiger partial charge on any atom is -0.473 e. The van der Waals surface area contributed by atoms with E-state index in [1.54, 1.807) is 29.9 Å². The average molecular weight is 317 g/mol. The lowest BCUT2D eigenvalue weighted by Crippen LogP contribution is -2.65. The van der Waals surface area contributed by atoms with Gasteiger partial charge in [0, 0.05) is 44.9 Å². The van der Waals surface area contributed by atoms with Crippen molar-refractivity contribution in [2.45, 2.75) is 31.1 Å². The molecule has 2 aromatic heterocycles. The number of nitrogens with zero attached hydrogens (tertiary/aromatic N) is 3. The third-order valence-electron chi connectivity index (χ3n) is 4.28. The van der Waals surface area contributed by atoms with Crippen molar-refractivity contribution in [3.63, 3.8) is 0 Å². The van der Waals surface area contributed by atoms with Gasteiger partial charge in [-0.15, -0.1) is 0 Å². The van der Waals surface area contributed by atoms with Gasteiger partial charge in [0.15, 0.2) is 0 Å². The monoisotopic (exact) mass is 317 g/mol. The van der Waals surface area contributed by atoms with Gasteiger partial charge in [0.2, 0.25) is 5.88 Å². The van der Waals surface area contributed by atoms with Crippen molar-refractivity contribution in [1.82, 2.24) is 14.9 Å². The second kappa shape index (κ2) is 5.95. The van der Waals surface area contributed by atoms with E-state index in [1.165, 1.54) is 5.56 Å². The topological polar surface area (TPSA) is 47.5 Å². The van der Waals surface area contributed by atoms with Gasteiger partial charge in [-0.05, 0) is 22.4 Å². The molecule has 5 nitrogen and oxygen atoms in total. The Kier molecular flexibility index (Phi) is 3.82. The number of hydrogen-bond acceptors (Lipinski definition) is 6. The lowest BCUT2D eigenvalue weighted by molar-refractivity contribution is -0.188. The number of likely N-dealkylation sites (tertiary alicyclic amines) is 1. The lowest BCUT2D eigenvalue weighted by atomic mass is 9.84. The molecule has 22 heavy (non-hydrogen) atoms. The van der Waals surface area contributed by atoms with Crippen LogP contribution >= 0.6 is 11.3 Å². The van der Waals surface area contributed by atoms with Crippen LogP contribution in [0.2, 0.25) is 0 Å². The van der Waals surface area contributed by atoms with Gasteiger partial charge in [-0.3, -0.25) is 9.88 Å². The van der Waals surface area contributed by atoms with Crippen LogP contribution in [0.5, 0.6) is 5.88 Å². The summed E-state index contributed by atoms with van der Waals surface area (Å²) in [7, 11) is 0. The molecule has 1 spiro atoms. The zero-order valence-corrected chi connectivity index (χ0v) is 13.2. The highest BCUT2D eigenvalue weighted by Gasteiger charge is 2.48. The molecule has 1 atom stereocenters. The number of ether oxygens (including phenoxy) is 2. The molecule has 4 heterocycles. The first kappa shape index (κ1) is 14.1. The predicted octanol–water partition coefficient (Wildman–Crippen LogP) is 2.35. The van der Waals surface area contributed by atoms with E-state index >= 15 is 0 Å². The fourth-order valence-electron chi connectivity index (χ4n) is 3.34. The second-order valence-electron chi connectivity index (χ2n) is 6.08. The normalized spacial score (nSPS) is 24.1. The van der Waals surface area contributed by atoms with Gasteiger partial charge in [-0.1, -0.05) is 0 Å². The molecule has 6 heteroatoms. The summed E-state index contributed by atoms with van der Waals surface area (Å²) in [4.78, 5) is 10.7. The molecule has 0 radical (unpaired) electrons. The second-order valence-corrected chi connectivity index (χ2v) is 6.86. The van der Waals surface area contributed by atoms with Gasteiger partial charge < -0.3 is 9.47 Å². The molecule has 2 fully saturated rings. The van der Waals surface area contributed by atoms with Crippen molar-refractivity contribution in [3.05, 3.63) is 41.0 Å². The molecule has 2 aromatic rings. The molecular formula is C16H19N3O2S. The third-order valence-corrected chi connectivity index (χ3v) is 5.02. The van der Waals surface area contributed by atoms with Crippen LogP contribution in [-0.4, -0.2) is 46.3 Å². The molecule has 4 rings (SSSR count). The summed E-state index contributed by atoms with van der Waals surface area (Å²) in [5, 5.41) is 4.35. The van der Waals surface area contributed by atoms with Crippen molar-refractivity contribution in [1.29, 1.82) is 0 Å². The zero-order valence-electron chi connectivity index (χ0n) is 12.4. The quantitative estimate of drug-likeness (QED) is 0.866. The summed E-state index contributed by atoms with van der Waals surface area (Å²) in [5.41, 5.74) is 1.37. The van der Waals surface area contributed by atoms with E-state index in [4.69, 9.17) is 9.47 Å². The van der Waals surface area contributed by atoms with Crippen LogP contribution in [0.15, 0.2) is 35.4 Å². The van der Waals surface area contributed by atoms with Crippen LogP contribution in [0.25, 0.3) is 0 Å². The maximum atomic E-state index is 6.06. The van der Waals surface area contributed by atoms with Crippen molar-refractivity contribution in [3.8, 4) is 5.88 Å². The summed E-state index contributed by atoms with van der Waals surface area (Å²) in [6.45, 7) is 3.76. The molecule has 0 aromatic carbocycles. The van der Waals surface area contributed by atoms with E-state index in [0.29, 0.717) is 5.88 Å². The molecule has 0 bridgehead atoms. The summed E-state index contributed by atoms with van der Waals surface area (Å²) in [6.07, 6.45) is 7.02. The largest absolute Gasteiger partial charge is 0.473 e. The van der Waals surface area contributed by atoms with Gasteiger partial charge >= 0.3 is 0 Å². The summed E-state index contributed by atoms with van der Waals surface area (Å²) in [6, 6.07) is 2.19. The van der Waals surface area contributed by atoms with Crippen LogP contribution in [0.1, 0.15) is 18.4 Å². The molecule has 2 aliphatic rings. The van der Waals surface area contributed by atoms with Crippen LogP contribution < -0.4 is 4.74 Å². The van der Waals surface area contributed by atoms with Gasteiger partial charge in [-0.2, -0.15) is 11.3 Å². The number of rotatable bonds is 4. The lowest BCUT2D eigenvalue weighted by Gasteiger charge is -2.53. The Bertz CT molecular complexity index is 599. The van der Waals surface area contributed by atoms with E-state index in [0.717, 1.165) is 39.1 Å². The zero-order chi connectivity index (χ0) is 14.8. The van der Waals surface area contributed by atoms with E-state index < -0.39 is 0 Å². The van der Waals surface area contributed by atoms with Crippen molar-refractivity contribution in [2.75, 3.05) is 19.7 Å². The molecular weight excluding hydrogens is 298 g/mol. The van der Waals surface area contributed by atoms with Gasteiger partial charge in [0.25, 0.3) is 0 Å². The Morgan fingerprint density at radius 1 is 1.41 bits per heavy atom. The maximum absolute atomic E-state index is 6.06. The van der Waals surface area contributed by atoms with Crippen LogP contribution in [0.3, 0.4) is 0 Å². The van der Waals surface area contributed by atoms with Crippen molar-refractivity contribution in [2.24, 2.45) is 0 Å². The number of aromatic nitrogens is 2. The Balaban J connectivity index is 1.32. The van der Waals surface area contributed by atoms with Gasteiger partial charge in [0.05, 0.1) is 18.4 Å². The first-order valence-corrected chi connectivity index (χ1v) is 8.56. The van der Waals surface area contributed by atoms with E-state index in [-0.39, 0.29) is 11.7 Å². The molecule has 0 N–H and O–H groups in total. The minimum absolute atomic E-state index is 0.0266. The summed E-state index contributed by atoms with van der Waals surface area (Å²) >= 11 is 1.75. The third kappa shape index (κ3) is 2.99. The van der Waals surface area contributed by atoms with E-state index in [9.17, 15) is 0 Å². The van der Waals surface area contributed by atoms with Crippen LogP contribution in [0.4, 0.5) is 0 Å². The smallest absolute Gasteiger partial charge is 0.232 e. The van der Waals surface area contributed by atoms with E-state index in [2.05, 4.69) is 31.7 Å². The minimum atomic E-state index is -0.0266. The van der Waals surface area contributed by atoms with Gasteiger partial charge in [-0.25, -0.2) is 4.98 Å². The first-order valence-electron chi connectivity index (χ1n) is 7.61. The number of thiophene rings is 1. The standard InChI is InChI=1S/C16H19N3O2S/c1-5-20-16(7-14(1)21-15-8-17-3-4-18-15)11-19(12-16)9-13-2-6-22-10-13/h2-4,6,8,10,14H,1,5,7,9,11-12H2/t14-/m0/s1. The highest BCUT2D eigenvalue weighted by molar-refractivity contribution is 7.07. The molecule has 2 aliphatic heterocycles. The molecule has 116 valence electrons. The van der Waals surface area contributed by atoms with Crippen LogP contribution in [0, 0.1) is 0 Å². The number of hydrogen-bond donors (Lipinski definition) is 0. The summed E-state index contributed by atoms with van der Waals surface area (Å²) < 4.78 is 12.0.